The summed E-state index contributed by atoms with van der Waals surface area (Å²) in [6, 6.07) is 7.75. The molecule has 4 aliphatic heterocycles. The number of likely N-dealkylation sites (N-methyl/N-ethyl adjacent to an activating group) is 2. The lowest BCUT2D eigenvalue weighted by Crippen LogP contribution is -2.62. The van der Waals surface area contributed by atoms with Crippen LogP contribution >= 0.6 is 0 Å². The van der Waals surface area contributed by atoms with E-state index in [0.29, 0.717) is 76.8 Å². The molecule has 0 radical (unpaired) electrons. The molecular weight excluding hydrogens is 1150 g/mol. The minimum atomic E-state index is -0.609. The maximum Gasteiger partial charge on any atom is 0.331 e. The van der Waals surface area contributed by atoms with Gasteiger partial charge in [0, 0.05) is 139 Å². The number of hydrogen-bond acceptors (Lipinski definition) is 20. The summed E-state index contributed by atoms with van der Waals surface area (Å²) in [6.07, 6.45) is 7.20. The Morgan fingerprint density at radius 2 is 0.944 bits per heavy atom. The van der Waals surface area contributed by atoms with Gasteiger partial charge in [-0.1, -0.05) is 41.5 Å². The van der Waals surface area contributed by atoms with Gasteiger partial charge < -0.3 is 48.3 Å². The molecule has 24 heteroatoms. The van der Waals surface area contributed by atoms with Crippen LogP contribution in [0.4, 0.5) is 20.4 Å². The Balaban J connectivity index is 0.861. The third-order valence-electron chi connectivity index (χ3n) is 18.5. The maximum atomic E-state index is 14.6. The van der Waals surface area contributed by atoms with E-state index in [0.717, 1.165) is 52.1 Å². The van der Waals surface area contributed by atoms with Crippen LogP contribution in [0.3, 0.4) is 0 Å². The molecule has 0 saturated carbocycles. The second kappa shape index (κ2) is 30.4. The van der Waals surface area contributed by atoms with Gasteiger partial charge in [-0.2, -0.15) is 0 Å². The van der Waals surface area contributed by atoms with Crippen LogP contribution in [0.2, 0.25) is 0 Å². The molecule has 0 bridgehead atoms. The molecule has 4 fully saturated rings. The Morgan fingerprint density at radius 1 is 0.567 bits per heavy atom. The van der Waals surface area contributed by atoms with E-state index < -0.39 is 35.8 Å². The van der Waals surface area contributed by atoms with Crippen LogP contribution in [0.25, 0.3) is 0 Å². The van der Waals surface area contributed by atoms with Gasteiger partial charge in [0.15, 0.2) is 11.6 Å². The molecular formula is C66H96F2N14O8. The van der Waals surface area contributed by atoms with Gasteiger partial charge in [-0.3, -0.25) is 19.4 Å². The molecule has 90 heavy (non-hydrogen) atoms. The van der Waals surface area contributed by atoms with Gasteiger partial charge in [-0.15, -0.1) is 20.4 Å². The number of nitrogens with zero attached hydrogens (tertiary/aromatic N) is 14. The molecule has 6 heterocycles. The number of anilines is 2. The summed E-state index contributed by atoms with van der Waals surface area (Å²) in [5.41, 5.74) is 0.109. The highest BCUT2D eigenvalue weighted by molar-refractivity contribution is 5.98. The molecule has 22 nitrogen and oxygen atoms in total. The first-order valence-electron chi connectivity index (χ1n) is 32.2. The normalized spacial score (nSPS) is 17.8. The fourth-order valence-corrected chi connectivity index (χ4v) is 13.5. The molecule has 492 valence electrons. The number of amides is 2. The van der Waals surface area contributed by atoms with Gasteiger partial charge in [0.1, 0.15) is 48.0 Å². The van der Waals surface area contributed by atoms with Crippen molar-refractivity contribution in [1.82, 2.24) is 59.8 Å². The van der Waals surface area contributed by atoms with Gasteiger partial charge in [0.25, 0.3) is 23.6 Å². The second-order valence-corrected chi connectivity index (χ2v) is 26.4. The number of aromatic nitrogens is 6. The molecule has 4 aliphatic rings. The smallest absolute Gasteiger partial charge is 0.331 e. The lowest BCUT2D eigenvalue weighted by molar-refractivity contribution is -0.149. The minimum Gasteiger partial charge on any atom is -0.458 e. The predicted molar refractivity (Wildman–Crippen MR) is 340 cm³/mol. The highest BCUT2D eigenvalue weighted by Gasteiger charge is 2.52. The number of carbonyl (C=O) groups is 4. The summed E-state index contributed by atoms with van der Waals surface area (Å²) in [5, 5.41) is 16.6. The van der Waals surface area contributed by atoms with Gasteiger partial charge in [0.05, 0.1) is 11.1 Å². The summed E-state index contributed by atoms with van der Waals surface area (Å²) in [5.74, 6) is -0.943. The van der Waals surface area contributed by atoms with Gasteiger partial charge in [0.2, 0.25) is 0 Å². The van der Waals surface area contributed by atoms with Crippen molar-refractivity contribution in [1.29, 1.82) is 0 Å². The third-order valence-corrected chi connectivity index (χ3v) is 18.5. The van der Waals surface area contributed by atoms with Crippen LogP contribution in [0.5, 0.6) is 23.3 Å². The number of likely N-dealkylation sites (tertiary alicyclic amines) is 2. The molecule has 0 unspecified atom stereocenters. The van der Waals surface area contributed by atoms with Crippen LogP contribution in [0, 0.1) is 34.3 Å². The van der Waals surface area contributed by atoms with E-state index in [2.05, 4.69) is 101 Å². The van der Waals surface area contributed by atoms with E-state index in [-0.39, 0.29) is 93.0 Å². The maximum absolute atomic E-state index is 14.6. The number of carbonyl (C=O) groups excluding carboxylic acids is 4. The van der Waals surface area contributed by atoms with E-state index in [4.69, 9.17) is 18.9 Å². The average molecular weight is 1250 g/mol. The van der Waals surface area contributed by atoms with Crippen LogP contribution < -0.4 is 19.3 Å². The fraction of sp³-hybridized carbons (Fsp3) is 0.636. The average Bonchev–Trinajstić information content (AvgIpc) is 1.53. The van der Waals surface area contributed by atoms with Crippen molar-refractivity contribution in [2.24, 2.45) is 22.7 Å². The topological polar surface area (TPSA) is 208 Å². The summed E-state index contributed by atoms with van der Waals surface area (Å²) in [7, 11) is 4.00. The lowest BCUT2D eigenvalue weighted by atomic mass is 9.76. The Morgan fingerprint density at radius 3 is 1.28 bits per heavy atom. The first-order valence-corrected chi connectivity index (χ1v) is 32.2. The van der Waals surface area contributed by atoms with Crippen LogP contribution in [0.15, 0.2) is 61.2 Å². The third kappa shape index (κ3) is 16.7. The molecule has 4 saturated heterocycles. The SMILES string of the molecule is CCN(C)C[C@H](C[C@@H](C(C)C)N1CC2(CCN(c3ncnnc3Oc3ccc(F)cc3C(=O)N(CC)C(C)C)C2)C1)OC(=O)/C=C/C(=O)O[C@@H](C[C@@H](C(C)C)N1CC2(CCN(c3ncnnc3Oc3ccc(F)cc3C(=O)N(CC)C(C)C)C2)C1)CN(C)CC. The number of ether oxygens (including phenoxy) is 4. The predicted octanol–water partition coefficient (Wildman–Crippen LogP) is 8.50. The van der Waals surface area contributed by atoms with Crippen molar-refractivity contribution in [3.8, 4) is 23.3 Å². The quantitative estimate of drug-likeness (QED) is 0.0354. The molecule has 8 rings (SSSR count). The van der Waals surface area contributed by atoms with E-state index in [1.54, 1.807) is 9.80 Å². The van der Waals surface area contributed by atoms with Crippen molar-refractivity contribution in [2.75, 3.05) is 116 Å². The molecule has 0 N–H and O–H groups in total. The molecule has 4 aromatic rings. The number of hydrogen-bond donors (Lipinski definition) is 0. The van der Waals surface area contributed by atoms with Crippen LogP contribution in [-0.2, 0) is 19.1 Å². The summed E-state index contributed by atoms with van der Waals surface area (Å²) < 4.78 is 54.2. The Bertz CT molecular complexity index is 2920. The van der Waals surface area contributed by atoms with Gasteiger partial charge in [-0.05, 0) is 130 Å². The van der Waals surface area contributed by atoms with Gasteiger partial charge >= 0.3 is 11.9 Å². The van der Waals surface area contributed by atoms with Crippen LogP contribution in [0.1, 0.15) is 129 Å². The first kappa shape index (κ1) is 68.9. The summed E-state index contributed by atoms with van der Waals surface area (Å²) in [6.45, 7) is 33.8. The number of rotatable bonds is 30. The second-order valence-electron chi connectivity index (χ2n) is 26.4. The number of esters is 2. The van der Waals surface area contributed by atoms with Crippen LogP contribution in [-0.4, -0.2) is 226 Å². The highest BCUT2D eigenvalue weighted by Crippen LogP contribution is 2.47. The lowest BCUT2D eigenvalue weighted by Gasteiger charge is -2.53. The standard InChI is InChI=1S/C66H96F2N14O8/c1-15-75(13)33-49(31-53(43(5)6)79-37-65(38-79)25-27-77(35-65)59-61(73-71-41-69-59)89-55-21-19-47(67)29-51(55)63(85)81(17-3)45(9)10)87-57(83)23-24-58(84)88-50(34-76(14)16-2)32-54(44(7)8)80-39-66(40-80)26-28-78(36-66)60-62(74-72-42-70-60)90-56-22-20-48(68)30-52(56)64(86)82(18-4)46(11)12/h19-24,29-30,41-46,49-50,53-54H,15-18,25-28,31-40H2,1-14H3/b24-23+/t49-,50-,53-,54-/m0/s1. The molecule has 2 amide bonds. The molecule has 2 spiro atoms. The van der Waals surface area contributed by atoms with Crippen molar-refractivity contribution >= 4 is 35.4 Å². The molecule has 2 aromatic carbocycles. The van der Waals surface area contributed by atoms with Crippen molar-refractivity contribution < 1.29 is 46.9 Å². The largest absolute Gasteiger partial charge is 0.458 e. The summed E-state index contributed by atoms with van der Waals surface area (Å²) in [4.78, 5) is 80.8. The molecule has 2 aromatic heterocycles. The van der Waals surface area contributed by atoms with Gasteiger partial charge in [-0.25, -0.2) is 28.3 Å². The minimum absolute atomic E-state index is 0.0383. The van der Waals surface area contributed by atoms with E-state index >= 15 is 0 Å². The Hall–Kier alpha value is -7.02. The number of benzene rings is 2. The van der Waals surface area contributed by atoms with E-state index in [1.165, 1.54) is 61.2 Å². The number of halogens is 2. The zero-order valence-corrected chi connectivity index (χ0v) is 55.4. The zero-order valence-electron chi connectivity index (χ0n) is 55.4. The zero-order chi connectivity index (χ0) is 65.2. The highest BCUT2D eigenvalue weighted by atomic mass is 19.1. The monoisotopic (exact) mass is 1250 g/mol. The van der Waals surface area contributed by atoms with Crippen molar-refractivity contribution in [3.63, 3.8) is 0 Å². The molecule has 0 aliphatic carbocycles. The summed E-state index contributed by atoms with van der Waals surface area (Å²) >= 11 is 0. The Kier molecular flexibility index (Phi) is 23.3. The fourth-order valence-electron chi connectivity index (χ4n) is 13.5. The first-order chi connectivity index (χ1) is 42.9. The van der Waals surface area contributed by atoms with E-state index in [1.807, 2.05) is 55.6 Å². The van der Waals surface area contributed by atoms with Crippen molar-refractivity contribution in [3.05, 3.63) is 84.0 Å². The molecule has 4 atom stereocenters. The van der Waals surface area contributed by atoms with E-state index in [9.17, 15) is 28.0 Å². The Labute approximate surface area is 530 Å². The van der Waals surface area contributed by atoms with Crippen molar-refractivity contribution in [2.45, 2.75) is 145 Å².